The van der Waals surface area contributed by atoms with Crippen LogP contribution in [0, 0.1) is 23.7 Å². The third kappa shape index (κ3) is 6.80. The van der Waals surface area contributed by atoms with E-state index in [9.17, 15) is 14.7 Å². The molecule has 35 heavy (non-hydrogen) atoms. The predicted octanol–water partition coefficient (Wildman–Crippen LogP) is 2.41. The normalized spacial score (nSPS) is 18.5. The Labute approximate surface area is 207 Å². The van der Waals surface area contributed by atoms with Gasteiger partial charge in [-0.3, -0.25) is 14.6 Å². The number of carbonyl (C=O) groups excluding carboxylic acids is 2. The molecular weight excluding hydrogens is 444 g/mol. The highest BCUT2D eigenvalue weighted by Gasteiger charge is 2.34. The van der Waals surface area contributed by atoms with Gasteiger partial charge >= 0.3 is 0 Å². The average molecular weight is 479 g/mol. The van der Waals surface area contributed by atoms with E-state index in [1.807, 2.05) is 39.0 Å². The summed E-state index contributed by atoms with van der Waals surface area (Å²) in [6.45, 7) is 8.28. The highest BCUT2D eigenvalue weighted by Crippen LogP contribution is 2.27. The molecule has 1 N–H and O–H groups in total. The molecule has 0 fully saturated rings. The van der Waals surface area contributed by atoms with Gasteiger partial charge in [-0.25, -0.2) is 4.98 Å². The Bertz CT molecular complexity index is 1090. The predicted molar refractivity (Wildman–Crippen MR) is 133 cm³/mol. The van der Waals surface area contributed by atoms with E-state index in [1.165, 1.54) is 0 Å². The smallest absolute Gasteiger partial charge is 0.259 e. The van der Waals surface area contributed by atoms with Gasteiger partial charge in [0.1, 0.15) is 11.7 Å². The van der Waals surface area contributed by atoms with Crippen LogP contribution in [-0.4, -0.2) is 75.6 Å². The molecule has 0 aliphatic carbocycles. The maximum atomic E-state index is 13.4. The van der Waals surface area contributed by atoms with Crippen LogP contribution >= 0.6 is 0 Å². The fraction of sp³-hybridized carbons (Fsp3) is 0.481. The molecule has 0 saturated heterocycles. The van der Waals surface area contributed by atoms with Crippen LogP contribution in [0.15, 0.2) is 36.7 Å². The lowest BCUT2D eigenvalue weighted by Crippen LogP contribution is -2.50. The van der Waals surface area contributed by atoms with Gasteiger partial charge in [0.15, 0.2) is 0 Å². The monoisotopic (exact) mass is 478 g/mol. The van der Waals surface area contributed by atoms with Crippen molar-refractivity contribution in [2.24, 2.45) is 11.8 Å². The standard InChI is InChI=1S/C27H34N4O4/c1-18(2)9-10-21-12-23-26(29-14-21)35-24(19(3)15-31(27(23)34)20(4)17-32)16-30(5)25(33)13-22-8-6-7-11-28-22/h6-8,11-12,14,18-20,24,32H,13,15-17H2,1-5H3/t19-,20+,24-/m1/s1. The van der Waals surface area contributed by atoms with Crippen molar-refractivity contribution in [3.63, 3.8) is 0 Å². The second kappa shape index (κ2) is 11.8. The summed E-state index contributed by atoms with van der Waals surface area (Å²) in [5.41, 5.74) is 1.63. The molecule has 8 nitrogen and oxygen atoms in total. The summed E-state index contributed by atoms with van der Waals surface area (Å²) in [5, 5.41) is 9.80. The van der Waals surface area contributed by atoms with Crippen LogP contribution in [0.1, 0.15) is 49.3 Å². The number of carbonyl (C=O) groups is 2. The molecule has 3 heterocycles. The number of aromatic nitrogens is 2. The lowest BCUT2D eigenvalue weighted by atomic mass is 9.99. The minimum absolute atomic E-state index is 0.0780. The minimum atomic E-state index is -0.409. The van der Waals surface area contributed by atoms with Crippen LogP contribution in [0.25, 0.3) is 0 Å². The lowest BCUT2D eigenvalue weighted by Gasteiger charge is -2.37. The first kappa shape index (κ1) is 26.2. The number of aliphatic hydroxyl groups is 1. The quantitative estimate of drug-likeness (QED) is 0.641. The van der Waals surface area contributed by atoms with Crippen molar-refractivity contribution < 1.29 is 19.4 Å². The molecule has 1 aliphatic rings. The van der Waals surface area contributed by atoms with Crippen LogP contribution in [0.3, 0.4) is 0 Å². The first-order valence-electron chi connectivity index (χ1n) is 11.9. The van der Waals surface area contributed by atoms with Gasteiger partial charge in [0.05, 0.1) is 25.6 Å². The molecule has 1 aliphatic heterocycles. The van der Waals surface area contributed by atoms with Gasteiger partial charge < -0.3 is 19.6 Å². The molecular formula is C27H34N4O4. The summed E-state index contributed by atoms with van der Waals surface area (Å²) in [6, 6.07) is 6.80. The summed E-state index contributed by atoms with van der Waals surface area (Å²) < 4.78 is 6.25. The first-order chi connectivity index (χ1) is 16.7. The highest BCUT2D eigenvalue weighted by molar-refractivity contribution is 5.97. The summed E-state index contributed by atoms with van der Waals surface area (Å²) in [4.78, 5) is 38.2. The van der Waals surface area contributed by atoms with Crippen molar-refractivity contribution >= 4 is 11.8 Å². The number of amides is 2. The zero-order valence-electron chi connectivity index (χ0n) is 21.1. The Morgan fingerprint density at radius 2 is 2.09 bits per heavy atom. The molecule has 2 aromatic rings. The molecule has 0 aromatic carbocycles. The third-order valence-corrected chi connectivity index (χ3v) is 5.96. The van der Waals surface area contributed by atoms with Crippen LogP contribution < -0.4 is 4.74 Å². The van der Waals surface area contributed by atoms with Crippen molar-refractivity contribution in [2.75, 3.05) is 26.7 Å². The molecule has 3 rings (SSSR count). The van der Waals surface area contributed by atoms with E-state index in [-0.39, 0.29) is 48.6 Å². The highest BCUT2D eigenvalue weighted by atomic mass is 16.5. The Kier molecular flexibility index (Phi) is 8.83. The SMILES string of the molecule is CC(C)C#Cc1cnc2c(c1)C(=O)N([C@@H](C)CO)C[C@@H](C)[C@@H](CN(C)C(=O)Cc1ccccn1)O2. The maximum Gasteiger partial charge on any atom is 0.259 e. The Morgan fingerprint density at radius 3 is 2.74 bits per heavy atom. The van der Waals surface area contributed by atoms with Crippen LogP contribution in [0.5, 0.6) is 5.88 Å². The molecule has 0 bridgehead atoms. The van der Waals surface area contributed by atoms with Crippen LogP contribution in [0.2, 0.25) is 0 Å². The second-order valence-corrected chi connectivity index (χ2v) is 9.40. The Morgan fingerprint density at radius 1 is 1.31 bits per heavy atom. The summed E-state index contributed by atoms with van der Waals surface area (Å²) >= 11 is 0. The number of nitrogens with zero attached hydrogens (tertiary/aromatic N) is 4. The molecule has 2 aromatic heterocycles. The number of aliphatic hydroxyl groups excluding tert-OH is 1. The molecule has 0 saturated carbocycles. The van der Waals surface area contributed by atoms with Crippen LogP contribution in [-0.2, 0) is 11.2 Å². The summed E-state index contributed by atoms with van der Waals surface area (Å²) in [6.07, 6.45) is 3.05. The van der Waals surface area contributed by atoms with E-state index < -0.39 is 6.10 Å². The Hall–Kier alpha value is -3.44. The molecule has 0 spiro atoms. The number of hydrogen-bond donors (Lipinski definition) is 1. The van der Waals surface area contributed by atoms with Crippen molar-refractivity contribution in [1.82, 2.24) is 19.8 Å². The van der Waals surface area contributed by atoms with Crippen molar-refractivity contribution in [3.8, 4) is 17.7 Å². The molecule has 0 radical (unpaired) electrons. The number of likely N-dealkylation sites (N-methyl/N-ethyl adjacent to an activating group) is 1. The van der Waals surface area contributed by atoms with Gasteiger partial charge in [0, 0.05) is 49.1 Å². The second-order valence-electron chi connectivity index (χ2n) is 9.40. The van der Waals surface area contributed by atoms with E-state index in [1.54, 1.807) is 42.2 Å². The largest absolute Gasteiger partial charge is 0.472 e. The van der Waals surface area contributed by atoms with Gasteiger partial charge in [-0.05, 0) is 25.1 Å². The molecule has 2 amide bonds. The fourth-order valence-electron chi connectivity index (χ4n) is 3.78. The van der Waals surface area contributed by atoms with Crippen molar-refractivity contribution in [1.29, 1.82) is 0 Å². The van der Waals surface area contributed by atoms with Gasteiger partial charge in [-0.2, -0.15) is 0 Å². The van der Waals surface area contributed by atoms with Crippen molar-refractivity contribution in [3.05, 3.63) is 53.5 Å². The first-order valence-corrected chi connectivity index (χ1v) is 11.9. The average Bonchev–Trinajstić information content (AvgIpc) is 2.84. The number of ether oxygens (including phenoxy) is 1. The zero-order valence-corrected chi connectivity index (χ0v) is 21.1. The topological polar surface area (TPSA) is 95.9 Å². The van der Waals surface area contributed by atoms with E-state index >= 15 is 0 Å². The molecule has 0 unspecified atom stereocenters. The van der Waals surface area contributed by atoms with Gasteiger partial charge in [-0.15, -0.1) is 0 Å². The Balaban J connectivity index is 1.89. The summed E-state index contributed by atoms with van der Waals surface area (Å²) in [5.74, 6) is 6.08. The zero-order chi connectivity index (χ0) is 25.5. The maximum absolute atomic E-state index is 13.4. The molecule has 3 atom stereocenters. The van der Waals surface area contributed by atoms with E-state index in [4.69, 9.17) is 4.74 Å². The minimum Gasteiger partial charge on any atom is -0.472 e. The van der Waals surface area contributed by atoms with Crippen LogP contribution in [0.4, 0.5) is 0 Å². The molecule has 8 heteroatoms. The molecule has 186 valence electrons. The van der Waals surface area contributed by atoms with E-state index in [0.29, 0.717) is 29.9 Å². The number of rotatable bonds is 6. The van der Waals surface area contributed by atoms with Crippen molar-refractivity contribution in [2.45, 2.75) is 46.3 Å². The third-order valence-electron chi connectivity index (χ3n) is 5.96. The van der Waals surface area contributed by atoms with Gasteiger partial charge in [0.25, 0.3) is 5.91 Å². The van der Waals surface area contributed by atoms with E-state index in [0.717, 1.165) is 0 Å². The van der Waals surface area contributed by atoms with Gasteiger partial charge in [-0.1, -0.05) is 38.7 Å². The number of hydrogen-bond acceptors (Lipinski definition) is 6. The van der Waals surface area contributed by atoms with E-state index in [2.05, 4.69) is 21.8 Å². The van der Waals surface area contributed by atoms with Gasteiger partial charge in [0.2, 0.25) is 11.8 Å². The number of pyridine rings is 2. The summed E-state index contributed by atoms with van der Waals surface area (Å²) in [7, 11) is 1.73. The lowest BCUT2D eigenvalue weighted by molar-refractivity contribution is -0.130. The fourth-order valence-corrected chi connectivity index (χ4v) is 3.78. The number of fused-ring (bicyclic) bond motifs is 1.